The number of aryl methyl sites for hydroxylation is 2. The van der Waals surface area contributed by atoms with Crippen LogP contribution in [0.2, 0.25) is 0 Å². The lowest BCUT2D eigenvalue weighted by molar-refractivity contribution is -0.390. The van der Waals surface area contributed by atoms with Gasteiger partial charge in [0.25, 0.3) is 5.56 Å². The average Bonchev–Trinajstić information content (AvgIpc) is 2.54. The molecule has 0 radical (unpaired) electrons. The molecule has 0 fully saturated rings. The Morgan fingerprint density at radius 3 is 2.75 bits per heavy atom. The molecular weight excluding hydrogens is 312 g/mol. The van der Waals surface area contributed by atoms with Crippen molar-refractivity contribution in [2.24, 2.45) is 0 Å². The molecule has 0 amide bonds. The normalized spacial score (nSPS) is 10.8. The minimum Gasteiger partial charge on any atom is -0.478 e. The molecule has 0 unspecified atom stereocenters. The molecule has 2 aromatic heterocycles. The van der Waals surface area contributed by atoms with Crippen molar-refractivity contribution in [1.82, 2.24) is 15.0 Å². The van der Waals surface area contributed by atoms with Gasteiger partial charge in [0.2, 0.25) is 5.75 Å². The van der Waals surface area contributed by atoms with E-state index in [1.807, 2.05) is 13.0 Å². The zero-order valence-electron chi connectivity index (χ0n) is 13.1. The fourth-order valence-corrected chi connectivity index (χ4v) is 2.34. The molecule has 0 spiro atoms. The number of para-hydroxylation sites is 1. The number of fused-ring (bicyclic) bond motifs is 1. The van der Waals surface area contributed by atoms with Crippen LogP contribution in [0, 0.1) is 24.0 Å². The van der Waals surface area contributed by atoms with Gasteiger partial charge in [-0.25, -0.2) is 4.98 Å². The van der Waals surface area contributed by atoms with Crippen molar-refractivity contribution >= 4 is 16.7 Å². The maximum atomic E-state index is 12.1. The van der Waals surface area contributed by atoms with Crippen molar-refractivity contribution in [1.29, 1.82) is 0 Å². The minimum atomic E-state index is -0.608. The number of hydrogen-bond donors (Lipinski definition) is 1. The topological polar surface area (TPSA) is 111 Å². The monoisotopic (exact) mass is 326 g/mol. The maximum absolute atomic E-state index is 12.1. The Bertz CT molecular complexity index is 997. The SMILES string of the molecule is Cc1ccc(OCc2nc3c(C)cccc3c(=O)[nH]2)c([N+](=O)[O-])n1. The molecule has 24 heavy (non-hydrogen) atoms. The van der Waals surface area contributed by atoms with Crippen LogP contribution in [-0.4, -0.2) is 19.9 Å². The van der Waals surface area contributed by atoms with Gasteiger partial charge in [0, 0.05) is 6.92 Å². The van der Waals surface area contributed by atoms with Crippen molar-refractivity contribution in [3.8, 4) is 5.75 Å². The third-order valence-electron chi connectivity index (χ3n) is 3.50. The number of benzene rings is 1. The predicted octanol–water partition coefficient (Wildman–Crippen LogP) is 2.42. The van der Waals surface area contributed by atoms with Crippen molar-refractivity contribution in [2.75, 3.05) is 0 Å². The minimum absolute atomic E-state index is 0.0260. The Kier molecular flexibility index (Phi) is 3.95. The molecule has 0 bridgehead atoms. The second-order valence-corrected chi connectivity index (χ2v) is 5.30. The van der Waals surface area contributed by atoms with Gasteiger partial charge in [0.1, 0.15) is 18.1 Å². The highest BCUT2D eigenvalue weighted by Crippen LogP contribution is 2.25. The first-order chi connectivity index (χ1) is 11.5. The smallest absolute Gasteiger partial charge is 0.406 e. The molecule has 2 heterocycles. The summed E-state index contributed by atoms with van der Waals surface area (Å²) >= 11 is 0. The summed E-state index contributed by atoms with van der Waals surface area (Å²) in [7, 11) is 0. The summed E-state index contributed by atoms with van der Waals surface area (Å²) in [5.41, 5.74) is 1.68. The van der Waals surface area contributed by atoms with Crippen molar-refractivity contribution in [3.05, 3.63) is 67.9 Å². The number of rotatable bonds is 4. The van der Waals surface area contributed by atoms with Gasteiger partial charge in [-0.3, -0.25) is 4.79 Å². The van der Waals surface area contributed by atoms with E-state index in [0.717, 1.165) is 5.56 Å². The summed E-state index contributed by atoms with van der Waals surface area (Å²) < 4.78 is 5.45. The largest absolute Gasteiger partial charge is 0.478 e. The first-order valence-corrected chi connectivity index (χ1v) is 7.19. The predicted molar refractivity (Wildman–Crippen MR) is 87.1 cm³/mol. The van der Waals surface area contributed by atoms with Crippen LogP contribution in [0.4, 0.5) is 5.82 Å². The highest BCUT2D eigenvalue weighted by Gasteiger charge is 2.18. The first kappa shape index (κ1) is 15.6. The van der Waals surface area contributed by atoms with Gasteiger partial charge in [-0.05, 0) is 40.6 Å². The second-order valence-electron chi connectivity index (χ2n) is 5.30. The van der Waals surface area contributed by atoms with E-state index in [1.54, 1.807) is 25.1 Å². The Morgan fingerprint density at radius 2 is 2.00 bits per heavy atom. The highest BCUT2D eigenvalue weighted by molar-refractivity contribution is 5.80. The van der Waals surface area contributed by atoms with Crippen LogP contribution in [0.15, 0.2) is 35.1 Å². The Morgan fingerprint density at radius 1 is 1.21 bits per heavy atom. The number of H-pyrrole nitrogens is 1. The molecule has 0 aliphatic rings. The van der Waals surface area contributed by atoms with E-state index in [-0.39, 0.29) is 29.6 Å². The molecule has 8 nitrogen and oxygen atoms in total. The molecule has 0 saturated carbocycles. The van der Waals surface area contributed by atoms with Gasteiger partial charge in [0.05, 0.1) is 10.9 Å². The van der Waals surface area contributed by atoms with Crippen LogP contribution in [0.25, 0.3) is 10.9 Å². The van der Waals surface area contributed by atoms with Gasteiger partial charge in [-0.1, -0.05) is 12.1 Å². The quantitative estimate of drug-likeness (QED) is 0.582. The molecule has 0 aliphatic heterocycles. The van der Waals surface area contributed by atoms with Crippen molar-refractivity contribution in [2.45, 2.75) is 20.5 Å². The second kappa shape index (κ2) is 6.07. The maximum Gasteiger partial charge on any atom is 0.406 e. The molecule has 1 aromatic carbocycles. The highest BCUT2D eigenvalue weighted by atomic mass is 16.6. The molecule has 0 atom stereocenters. The number of nitro groups is 1. The van der Waals surface area contributed by atoms with Crippen molar-refractivity contribution in [3.63, 3.8) is 0 Å². The van der Waals surface area contributed by atoms with Gasteiger partial charge in [-0.2, -0.15) is 0 Å². The summed E-state index contributed by atoms with van der Waals surface area (Å²) in [5.74, 6) is -0.0517. The van der Waals surface area contributed by atoms with Crippen LogP contribution in [0.5, 0.6) is 5.75 Å². The lowest BCUT2D eigenvalue weighted by Crippen LogP contribution is -2.14. The van der Waals surface area contributed by atoms with E-state index in [9.17, 15) is 14.9 Å². The molecule has 3 aromatic rings. The Labute approximate surface area is 136 Å². The first-order valence-electron chi connectivity index (χ1n) is 7.19. The van der Waals surface area contributed by atoms with Gasteiger partial charge in [0.15, 0.2) is 0 Å². The van der Waals surface area contributed by atoms with Crippen LogP contribution in [0.3, 0.4) is 0 Å². The summed E-state index contributed by atoms with van der Waals surface area (Å²) in [5, 5.41) is 11.5. The molecule has 3 rings (SSSR count). The van der Waals surface area contributed by atoms with E-state index in [4.69, 9.17) is 4.74 Å². The summed E-state index contributed by atoms with van der Waals surface area (Å²) in [6.45, 7) is 3.40. The fraction of sp³-hybridized carbons (Fsp3) is 0.188. The molecule has 0 aliphatic carbocycles. The lowest BCUT2D eigenvalue weighted by atomic mass is 10.1. The number of aromatic amines is 1. The molecule has 1 N–H and O–H groups in total. The van der Waals surface area contributed by atoms with E-state index in [1.165, 1.54) is 6.07 Å². The number of nitrogens with one attached hydrogen (secondary N) is 1. The van der Waals surface area contributed by atoms with Crippen LogP contribution < -0.4 is 10.3 Å². The molecular formula is C16H14N4O4. The van der Waals surface area contributed by atoms with Crippen LogP contribution >= 0.6 is 0 Å². The zero-order chi connectivity index (χ0) is 17.3. The average molecular weight is 326 g/mol. The zero-order valence-corrected chi connectivity index (χ0v) is 13.1. The fourth-order valence-electron chi connectivity index (χ4n) is 2.34. The summed E-state index contributed by atoms with van der Waals surface area (Å²) in [6, 6.07) is 8.42. The molecule has 122 valence electrons. The third-order valence-corrected chi connectivity index (χ3v) is 3.50. The van der Waals surface area contributed by atoms with Crippen molar-refractivity contribution < 1.29 is 9.66 Å². The van der Waals surface area contributed by atoms with E-state index in [0.29, 0.717) is 16.6 Å². The van der Waals surface area contributed by atoms with E-state index >= 15 is 0 Å². The van der Waals surface area contributed by atoms with Crippen LogP contribution in [0.1, 0.15) is 17.1 Å². The van der Waals surface area contributed by atoms with Gasteiger partial charge < -0.3 is 19.8 Å². The van der Waals surface area contributed by atoms with E-state index in [2.05, 4.69) is 15.0 Å². The van der Waals surface area contributed by atoms with Gasteiger partial charge >= 0.3 is 5.82 Å². The van der Waals surface area contributed by atoms with Gasteiger partial charge in [-0.15, -0.1) is 0 Å². The number of nitrogens with zero attached hydrogens (tertiary/aromatic N) is 3. The van der Waals surface area contributed by atoms with E-state index < -0.39 is 4.92 Å². The Balaban J connectivity index is 1.93. The number of pyridine rings is 1. The Hall–Kier alpha value is -3.29. The number of hydrogen-bond acceptors (Lipinski definition) is 6. The standard InChI is InChI=1S/C16H14N4O4/c1-9-4-3-5-11-14(9)18-13(19-16(11)21)8-24-12-7-6-10(2)17-15(12)20(22)23/h3-7H,8H2,1-2H3,(H,18,19,21). The molecule has 0 saturated heterocycles. The number of aromatic nitrogens is 3. The van der Waals surface area contributed by atoms with Crippen LogP contribution in [-0.2, 0) is 6.61 Å². The lowest BCUT2D eigenvalue weighted by Gasteiger charge is -2.07. The molecule has 8 heteroatoms. The summed E-state index contributed by atoms with van der Waals surface area (Å²) in [4.78, 5) is 33.4. The summed E-state index contributed by atoms with van der Waals surface area (Å²) in [6.07, 6.45) is 0. The number of ether oxygens (including phenoxy) is 1. The third kappa shape index (κ3) is 2.94.